The lowest BCUT2D eigenvalue weighted by atomic mass is 10.2. The van der Waals surface area contributed by atoms with Gasteiger partial charge in [-0.15, -0.1) is 0 Å². The summed E-state index contributed by atoms with van der Waals surface area (Å²) >= 11 is 9.38. The minimum Gasteiger partial charge on any atom is -0.495 e. The summed E-state index contributed by atoms with van der Waals surface area (Å²) in [5.41, 5.74) is 0.847. The molecule has 17 heavy (non-hydrogen) atoms. The quantitative estimate of drug-likeness (QED) is 0.802. The fourth-order valence-electron chi connectivity index (χ4n) is 1.95. The Kier molecular flexibility index (Phi) is 3.94. The number of ether oxygens (including phenoxy) is 1. The minimum atomic E-state index is 0.152. The molecule has 1 atom stereocenters. The number of rotatable bonds is 3. The third-order valence-electron chi connectivity index (χ3n) is 2.87. The van der Waals surface area contributed by atoms with Gasteiger partial charge in [-0.3, -0.25) is 4.79 Å². The molecule has 5 heteroatoms. The van der Waals surface area contributed by atoms with Crippen molar-refractivity contribution < 1.29 is 9.53 Å². The highest BCUT2D eigenvalue weighted by atomic mass is 79.9. The highest BCUT2D eigenvalue weighted by Gasteiger charge is 2.30. The van der Waals surface area contributed by atoms with E-state index in [1.54, 1.807) is 24.1 Å². The molecule has 0 saturated carbocycles. The molecule has 0 radical (unpaired) electrons. The standard InChI is InChI=1S/C12H13BrClNO2/c1-17-11-5-9(2-3-10(11)14)15-7-8(6-13)4-12(15)16/h2-3,5,8H,4,6-7H2,1H3. The number of carbonyl (C=O) groups excluding carboxylic acids is 1. The highest BCUT2D eigenvalue weighted by molar-refractivity contribution is 9.09. The average Bonchev–Trinajstić information content (AvgIpc) is 2.71. The molecular weight excluding hydrogens is 305 g/mol. The topological polar surface area (TPSA) is 29.5 Å². The first kappa shape index (κ1) is 12.7. The molecule has 1 heterocycles. The highest BCUT2D eigenvalue weighted by Crippen LogP contribution is 2.32. The SMILES string of the molecule is COc1cc(N2CC(CBr)CC2=O)ccc1Cl. The van der Waals surface area contributed by atoms with E-state index < -0.39 is 0 Å². The van der Waals surface area contributed by atoms with E-state index in [0.29, 0.717) is 23.1 Å². The summed E-state index contributed by atoms with van der Waals surface area (Å²) in [6.07, 6.45) is 0.593. The molecule has 1 aliphatic heterocycles. The van der Waals surface area contributed by atoms with Gasteiger partial charge in [-0.2, -0.15) is 0 Å². The van der Waals surface area contributed by atoms with Crippen molar-refractivity contribution in [3.63, 3.8) is 0 Å². The van der Waals surface area contributed by atoms with Crippen LogP contribution < -0.4 is 9.64 Å². The Balaban J connectivity index is 2.26. The number of benzene rings is 1. The van der Waals surface area contributed by atoms with E-state index in [2.05, 4.69) is 15.9 Å². The summed E-state index contributed by atoms with van der Waals surface area (Å²) in [5.74, 6) is 1.13. The van der Waals surface area contributed by atoms with Crippen molar-refractivity contribution in [3.8, 4) is 5.75 Å². The van der Waals surface area contributed by atoms with E-state index >= 15 is 0 Å². The summed E-state index contributed by atoms with van der Waals surface area (Å²) in [4.78, 5) is 13.6. The molecule has 0 spiro atoms. The molecule has 1 unspecified atom stereocenters. The zero-order valence-corrected chi connectivity index (χ0v) is 11.8. The Morgan fingerprint density at radius 1 is 1.59 bits per heavy atom. The predicted octanol–water partition coefficient (Wildman–Crippen LogP) is 3.10. The number of hydrogen-bond acceptors (Lipinski definition) is 2. The molecule has 0 bridgehead atoms. The second kappa shape index (κ2) is 5.27. The maximum absolute atomic E-state index is 11.9. The average molecular weight is 319 g/mol. The van der Waals surface area contributed by atoms with Crippen LogP contribution in [0.4, 0.5) is 5.69 Å². The number of hydrogen-bond donors (Lipinski definition) is 0. The van der Waals surface area contributed by atoms with Gasteiger partial charge in [0.15, 0.2) is 0 Å². The number of methoxy groups -OCH3 is 1. The van der Waals surface area contributed by atoms with Crippen LogP contribution in [0.15, 0.2) is 18.2 Å². The van der Waals surface area contributed by atoms with Gasteiger partial charge in [0, 0.05) is 30.0 Å². The Morgan fingerprint density at radius 3 is 2.94 bits per heavy atom. The van der Waals surface area contributed by atoms with E-state index in [4.69, 9.17) is 16.3 Å². The molecule has 1 aromatic carbocycles. The van der Waals surface area contributed by atoms with Crippen molar-refractivity contribution in [3.05, 3.63) is 23.2 Å². The number of anilines is 1. The Hall–Kier alpha value is -0.740. The van der Waals surface area contributed by atoms with Crippen molar-refractivity contribution in [2.45, 2.75) is 6.42 Å². The van der Waals surface area contributed by atoms with E-state index in [9.17, 15) is 4.79 Å². The lowest BCUT2D eigenvalue weighted by Crippen LogP contribution is -2.24. The Bertz CT molecular complexity index is 439. The van der Waals surface area contributed by atoms with Crippen LogP contribution in [0.5, 0.6) is 5.75 Å². The smallest absolute Gasteiger partial charge is 0.227 e. The normalized spacial score (nSPS) is 19.8. The molecule has 1 amide bonds. The van der Waals surface area contributed by atoms with E-state index in [0.717, 1.165) is 17.6 Å². The summed E-state index contributed by atoms with van der Waals surface area (Å²) in [5, 5.41) is 1.40. The number of alkyl halides is 1. The van der Waals surface area contributed by atoms with Crippen LogP contribution in [0.25, 0.3) is 0 Å². The van der Waals surface area contributed by atoms with Gasteiger partial charge in [0.1, 0.15) is 5.75 Å². The van der Waals surface area contributed by atoms with Crippen LogP contribution in [0.2, 0.25) is 5.02 Å². The second-order valence-electron chi connectivity index (χ2n) is 4.05. The van der Waals surface area contributed by atoms with Gasteiger partial charge in [-0.1, -0.05) is 27.5 Å². The molecule has 92 valence electrons. The van der Waals surface area contributed by atoms with Crippen molar-refractivity contribution in [1.82, 2.24) is 0 Å². The largest absolute Gasteiger partial charge is 0.495 e. The lowest BCUT2D eigenvalue weighted by molar-refractivity contribution is -0.117. The summed E-state index contributed by atoms with van der Waals surface area (Å²) in [7, 11) is 1.57. The van der Waals surface area contributed by atoms with E-state index in [1.165, 1.54) is 0 Å². The molecule has 0 N–H and O–H groups in total. The van der Waals surface area contributed by atoms with Crippen molar-refractivity contribution >= 4 is 39.1 Å². The monoisotopic (exact) mass is 317 g/mol. The number of carbonyl (C=O) groups is 1. The molecule has 0 aromatic heterocycles. The van der Waals surface area contributed by atoms with Crippen molar-refractivity contribution in [2.24, 2.45) is 5.92 Å². The second-order valence-corrected chi connectivity index (χ2v) is 5.10. The summed E-state index contributed by atoms with van der Waals surface area (Å²) in [6.45, 7) is 0.745. The maximum atomic E-state index is 11.9. The third-order valence-corrected chi connectivity index (χ3v) is 4.10. The first-order valence-corrected chi connectivity index (χ1v) is 6.85. The van der Waals surface area contributed by atoms with Gasteiger partial charge in [-0.25, -0.2) is 0 Å². The molecule has 3 nitrogen and oxygen atoms in total. The summed E-state index contributed by atoms with van der Waals surface area (Å²) in [6, 6.07) is 5.40. The molecule has 0 aliphatic carbocycles. The minimum absolute atomic E-state index is 0.152. The van der Waals surface area contributed by atoms with Crippen LogP contribution in [0.3, 0.4) is 0 Å². The predicted molar refractivity (Wildman–Crippen MR) is 72.3 cm³/mol. The fraction of sp³-hybridized carbons (Fsp3) is 0.417. The first-order chi connectivity index (χ1) is 8.15. The fourth-order valence-corrected chi connectivity index (χ4v) is 2.58. The zero-order chi connectivity index (χ0) is 12.4. The molecule has 1 aromatic rings. The Labute approximate surface area is 114 Å². The van der Waals surface area contributed by atoms with Crippen molar-refractivity contribution in [2.75, 3.05) is 23.9 Å². The maximum Gasteiger partial charge on any atom is 0.227 e. The molecule has 2 rings (SSSR count). The van der Waals surface area contributed by atoms with E-state index in [-0.39, 0.29) is 5.91 Å². The van der Waals surface area contributed by atoms with Crippen LogP contribution in [-0.4, -0.2) is 24.9 Å². The van der Waals surface area contributed by atoms with Gasteiger partial charge < -0.3 is 9.64 Å². The van der Waals surface area contributed by atoms with Gasteiger partial charge in [0.25, 0.3) is 0 Å². The van der Waals surface area contributed by atoms with Crippen LogP contribution in [-0.2, 0) is 4.79 Å². The number of amides is 1. The van der Waals surface area contributed by atoms with Gasteiger partial charge in [0.2, 0.25) is 5.91 Å². The number of halogens is 2. The lowest BCUT2D eigenvalue weighted by Gasteiger charge is -2.17. The van der Waals surface area contributed by atoms with Crippen LogP contribution in [0.1, 0.15) is 6.42 Å². The zero-order valence-electron chi connectivity index (χ0n) is 9.45. The van der Waals surface area contributed by atoms with E-state index in [1.807, 2.05) is 6.07 Å². The van der Waals surface area contributed by atoms with Gasteiger partial charge in [-0.05, 0) is 18.1 Å². The third kappa shape index (κ3) is 2.58. The van der Waals surface area contributed by atoms with Crippen LogP contribution >= 0.6 is 27.5 Å². The van der Waals surface area contributed by atoms with Crippen LogP contribution in [0, 0.1) is 5.92 Å². The Morgan fingerprint density at radius 2 is 2.35 bits per heavy atom. The first-order valence-electron chi connectivity index (χ1n) is 5.35. The molecular formula is C12H13BrClNO2. The summed E-state index contributed by atoms with van der Waals surface area (Å²) < 4.78 is 5.15. The molecule has 1 saturated heterocycles. The molecule has 1 fully saturated rings. The van der Waals surface area contributed by atoms with Gasteiger partial charge >= 0.3 is 0 Å². The van der Waals surface area contributed by atoms with Crippen molar-refractivity contribution in [1.29, 1.82) is 0 Å². The number of nitrogens with zero attached hydrogens (tertiary/aromatic N) is 1. The van der Waals surface area contributed by atoms with Gasteiger partial charge in [0.05, 0.1) is 12.1 Å². The molecule has 1 aliphatic rings.